The van der Waals surface area contributed by atoms with Gasteiger partial charge in [0, 0.05) is 19.5 Å². The first-order valence-corrected chi connectivity index (χ1v) is 4.47. The Labute approximate surface area is 92.8 Å². The van der Waals surface area contributed by atoms with Gasteiger partial charge in [-0.1, -0.05) is 36.8 Å². The van der Waals surface area contributed by atoms with E-state index in [0.29, 0.717) is 0 Å². The smallest absolute Gasteiger partial charge is 0 e. The third-order valence-electron chi connectivity index (χ3n) is 2.45. The van der Waals surface area contributed by atoms with Gasteiger partial charge in [0.25, 0.3) is 0 Å². The van der Waals surface area contributed by atoms with Crippen LogP contribution in [-0.4, -0.2) is 0 Å². The Bertz CT molecular complexity index is 287. The Morgan fingerprint density at radius 2 is 2.00 bits per heavy atom. The molecule has 64 valence electrons. The Kier molecular flexibility index (Phi) is 3.87. The van der Waals surface area contributed by atoms with Gasteiger partial charge in [-0.15, -0.1) is 0 Å². The fourth-order valence-electron chi connectivity index (χ4n) is 1.61. The van der Waals surface area contributed by atoms with Crippen molar-refractivity contribution in [3.8, 4) is 0 Å². The molecule has 1 unspecified atom stereocenters. The zero-order valence-corrected chi connectivity index (χ0v) is 11.1. The normalized spacial score (nSPS) is 22.5. The van der Waals surface area contributed by atoms with Gasteiger partial charge in [0.15, 0.2) is 0 Å². The van der Waals surface area contributed by atoms with E-state index in [1.165, 1.54) is 24.0 Å². The molecule has 0 nitrogen and oxygen atoms in total. The molecule has 2 rings (SSSR count). The van der Waals surface area contributed by atoms with Crippen molar-refractivity contribution < 1.29 is 19.5 Å². The second kappa shape index (κ2) is 4.72. The molecule has 1 aromatic rings. The molecule has 1 aliphatic rings. The number of rotatable bonds is 2. The zero-order valence-electron chi connectivity index (χ0n) is 8.09. The molecule has 0 aliphatic heterocycles. The first-order valence-electron chi connectivity index (χ1n) is 4.47. The summed E-state index contributed by atoms with van der Waals surface area (Å²) in [7, 11) is 0. The van der Waals surface area contributed by atoms with Gasteiger partial charge in [0.05, 0.1) is 0 Å². The van der Waals surface area contributed by atoms with Gasteiger partial charge in [-0.05, 0) is 17.9 Å². The molecule has 1 fully saturated rings. The molecule has 13 heavy (non-hydrogen) atoms. The second-order valence-corrected chi connectivity index (χ2v) is 3.37. The van der Waals surface area contributed by atoms with Crippen molar-refractivity contribution in [2.24, 2.45) is 5.92 Å². The molecule has 1 atom stereocenters. The van der Waals surface area contributed by atoms with Crippen molar-refractivity contribution in [3.63, 3.8) is 0 Å². The van der Waals surface area contributed by atoms with Crippen molar-refractivity contribution in [1.82, 2.24) is 0 Å². The quantitative estimate of drug-likeness (QED) is 0.533. The topological polar surface area (TPSA) is 0 Å². The third-order valence-corrected chi connectivity index (χ3v) is 2.45. The van der Waals surface area contributed by atoms with Crippen LogP contribution in [0.5, 0.6) is 0 Å². The number of allylic oxidation sites excluding steroid dienone is 2. The molecular formula is C12H13Zn-. The largest absolute Gasteiger partial charge is 0.500 e. The summed E-state index contributed by atoms with van der Waals surface area (Å²) in [5.74, 6) is 0.803. The molecule has 0 N–H and O–H groups in total. The number of hydrogen-bond donors (Lipinski definition) is 0. The van der Waals surface area contributed by atoms with Crippen LogP contribution in [0.15, 0.2) is 35.9 Å². The predicted octanol–water partition coefficient (Wildman–Crippen LogP) is 3.00. The van der Waals surface area contributed by atoms with Crippen LogP contribution in [0.25, 0.3) is 0 Å². The predicted molar refractivity (Wildman–Crippen MR) is 50.7 cm³/mol. The maximum Gasteiger partial charge on any atom is 0 e. The summed E-state index contributed by atoms with van der Waals surface area (Å²) in [6.45, 7) is 2.01. The molecule has 0 heterocycles. The fraction of sp³-hybridized carbons (Fsp3) is 0.333. The van der Waals surface area contributed by atoms with Gasteiger partial charge in [-0.2, -0.15) is 6.92 Å². The van der Waals surface area contributed by atoms with Gasteiger partial charge in [-0.3, -0.25) is 5.57 Å². The van der Waals surface area contributed by atoms with E-state index < -0.39 is 0 Å². The van der Waals surface area contributed by atoms with E-state index >= 15 is 0 Å². The van der Waals surface area contributed by atoms with E-state index in [0.717, 1.165) is 5.92 Å². The van der Waals surface area contributed by atoms with Crippen LogP contribution in [0.3, 0.4) is 0 Å². The standard InChI is InChI=1S/C12H13.Zn/c1-2-11-9-12(11)8-10-6-4-3-5-7-10;/h3-7,12H,8-9H2,1H3;/q-1;. The van der Waals surface area contributed by atoms with Crippen molar-refractivity contribution in [2.75, 3.05) is 0 Å². The molecular weight excluding hydrogens is 210 g/mol. The SMILES string of the molecule is C[C-]=C1CC1Cc1ccccc1.[Zn]. The molecule has 0 saturated heterocycles. The van der Waals surface area contributed by atoms with Crippen molar-refractivity contribution in [1.29, 1.82) is 0 Å². The van der Waals surface area contributed by atoms with E-state index in [4.69, 9.17) is 0 Å². The Morgan fingerprint density at radius 3 is 2.54 bits per heavy atom. The van der Waals surface area contributed by atoms with Crippen molar-refractivity contribution in [2.45, 2.75) is 19.8 Å². The maximum absolute atomic E-state index is 3.23. The minimum atomic E-state index is 0. The average molecular weight is 223 g/mol. The summed E-state index contributed by atoms with van der Waals surface area (Å²) in [4.78, 5) is 0. The van der Waals surface area contributed by atoms with Gasteiger partial charge < -0.3 is 6.08 Å². The average Bonchev–Trinajstić information content (AvgIpc) is 2.85. The molecule has 1 aliphatic carbocycles. The minimum absolute atomic E-state index is 0. The maximum atomic E-state index is 3.23. The molecule has 1 aromatic carbocycles. The van der Waals surface area contributed by atoms with Crippen LogP contribution < -0.4 is 0 Å². The van der Waals surface area contributed by atoms with Crippen LogP contribution in [-0.2, 0) is 25.9 Å². The summed E-state index contributed by atoms with van der Waals surface area (Å²) in [6, 6.07) is 10.7. The molecule has 1 saturated carbocycles. The van der Waals surface area contributed by atoms with Crippen LogP contribution in [0, 0.1) is 12.0 Å². The Balaban J connectivity index is 0.000000845. The van der Waals surface area contributed by atoms with Crippen LogP contribution in [0.2, 0.25) is 0 Å². The van der Waals surface area contributed by atoms with Gasteiger partial charge in [0.2, 0.25) is 0 Å². The van der Waals surface area contributed by atoms with E-state index in [1.54, 1.807) is 0 Å². The third kappa shape index (κ3) is 2.77. The van der Waals surface area contributed by atoms with E-state index in [1.807, 2.05) is 6.92 Å². The summed E-state index contributed by atoms with van der Waals surface area (Å²) in [5, 5.41) is 0. The number of benzene rings is 1. The molecule has 0 bridgehead atoms. The van der Waals surface area contributed by atoms with Gasteiger partial charge in [-0.25, -0.2) is 0 Å². The monoisotopic (exact) mass is 221 g/mol. The number of hydrogen-bond acceptors (Lipinski definition) is 0. The summed E-state index contributed by atoms with van der Waals surface area (Å²) < 4.78 is 0. The van der Waals surface area contributed by atoms with E-state index in [9.17, 15) is 0 Å². The van der Waals surface area contributed by atoms with Gasteiger partial charge in [0.1, 0.15) is 0 Å². The van der Waals surface area contributed by atoms with E-state index in [-0.39, 0.29) is 19.5 Å². The first-order chi connectivity index (χ1) is 5.90. The molecule has 0 aromatic heterocycles. The van der Waals surface area contributed by atoms with Crippen LogP contribution >= 0.6 is 0 Å². The molecule has 0 spiro atoms. The zero-order chi connectivity index (χ0) is 8.39. The van der Waals surface area contributed by atoms with Crippen molar-refractivity contribution in [3.05, 3.63) is 47.5 Å². The van der Waals surface area contributed by atoms with Crippen LogP contribution in [0.1, 0.15) is 18.9 Å². The Morgan fingerprint density at radius 1 is 1.31 bits per heavy atom. The molecule has 1 heteroatoms. The molecule has 0 amide bonds. The van der Waals surface area contributed by atoms with Gasteiger partial charge >= 0.3 is 0 Å². The minimum Gasteiger partial charge on any atom is -0.500 e. The van der Waals surface area contributed by atoms with E-state index in [2.05, 4.69) is 36.4 Å². The summed E-state index contributed by atoms with van der Waals surface area (Å²) >= 11 is 0. The fourth-order valence-corrected chi connectivity index (χ4v) is 1.61. The summed E-state index contributed by atoms with van der Waals surface area (Å²) in [6.07, 6.45) is 5.70. The van der Waals surface area contributed by atoms with Crippen molar-refractivity contribution >= 4 is 0 Å². The first kappa shape index (κ1) is 10.7. The Hall–Kier alpha value is -0.417. The van der Waals surface area contributed by atoms with Crippen LogP contribution in [0.4, 0.5) is 0 Å². The molecule has 0 radical (unpaired) electrons. The second-order valence-electron chi connectivity index (χ2n) is 3.37. The summed E-state index contributed by atoms with van der Waals surface area (Å²) in [5.41, 5.74) is 2.96.